The van der Waals surface area contributed by atoms with Crippen LogP contribution in [0.25, 0.3) is 0 Å². The minimum absolute atomic E-state index is 0.0252. The van der Waals surface area contributed by atoms with E-state index in [-0.39, 0.29) is 6.61 Å². The molecule has 1 aromatic heterocycles. The monoisotopic (exact) mass is 297 g/mol. The molecular weight excluding hydrogens is 274 g/mol. The van der Waals surface area contributed by atoms with E-state index in [4.69, 9.17) is 9.57 Å². The number of ether oxygens (including phenoxy) is 1. The Morgan fingerprint density at radius 3 is 2.67 bits per heavy atom. The van der Waals surface area contributed by atoms with Gasteiger partial charge in [0.1, 0.15) is 12.2 Å². The van der Waals surface area contributed by atoms with Crippen LogP contribution in [0.4, 0.5) is 4.79 Å². The smallest absolute Gasteiger partial charge is 0.431 e. The molecule has 118 valence electrons. The second-order valence-corrected chi connectivity index (χ2v) is 5.56. The number of nitrogens with one attached hydrogen (secondary N) is 2. The Morgan fingerprint density at radius 1 is 1.38 bits per heavy atom. The Balaban J connectivity index is 2.09. The first-order chi connectivity index (χ1) is 9.87. The van der Waals surface area contributed by atoms with Gasteiger partial charge in [-0.3, -0.25) is 9.82 Å². The normalized spacial score (nSPS) is 12.8. The molecule has 0 saturated heterocycles. The van der Waals surface area contributed by atoms with E-state index in [0.717, 1.165) is 5.56 Å². The molecule has 1 heterocycles. The van der Waals surface area contributed by atoms with Crippen molar-refractivity contribution in [1.29, 1.82) is 0 Å². The van der Waals surface area contributed by atoms with E-state index in [2.05, 4.69) is 15.8 Å². The number of aliphatic hydroxyl groups excluding tert-OH is 1. The lowest BCUT2D eigenvalue weighted by Crippen LogP contribution is -2.36. The highest BCUT2D eigenvalue weighted by atomic mass is 16.7. The topological polar surface area (TPSA) is 92.7 Å². The Kier molecular flexibility index (Phi) is 7.07. The van der Waals surface area contributed by atoms with Crippen molar-refractivity contribution in [2.24, 2.45) is 0 Å². The second-order valence-electron chi connectivity index (χ2n) is 5.56. The lowest BCUT2D eigenvalue weighted by molar-refractivity contribution is -0.0351. The van der Waals surface area contributed by atoms with Crippen molar-refractivity contribution in [3.05, 3.63) is 30.1 Å². The third-order valence-electron chi connectivity index (χ3n) is 2.29. The Hall–Kier alpha value is -1.70. The Morgan fingerprint density at radius 2 is 2.05 bits per heavy atom. The highest BCUT2D eigenvalue weighted by Crippen LogP contribution is 2.06. The summed E-state index contributed by atoms with van der Waals surface area (Å²) in [5.41, 5.74) is 2.61. The van der Waals surface area contributed by atoms with Crippen LogP contribution >= 0.6 is 0 Å². The van der Waals surface area contributed by atoms with Crippen LogP contribution in [0.3, 0.4) is 0 Å². The van der Waals surface area contributed by atoms with Crippen LogP contribution in [0, 0.1) is 0 Å². The highest BCUT2D eigenvalue weighted by Gasteiger charge is 2.16. The van der Waals surface area contributed by atoms with Gasteiger partial charge in [0, 0.05) is 25.5 Å². The quantitative estimate of drug-likeness (QED) is 0.650. The zero-order valence-electron chi connectivity index (χ0n) is 12.6. The number of carbonyl (C=O) groups is 1. The van der Waals surface area contributed by atoms with E-state index in [1.54, 1.807) is 33.2 Å². The predicted octanol–water partition coefficient (Wildman–Crippen LogP) is 0.988. The first-order valence-electron chi connectivity index (χ1n) is 6.75. The molecule has 0 spiro atoms. The van der Waals surface area contributed by atoms with Gasteiger partial charge in [-0.05, 0) is 38.5 Å². The third kappa shape index (κ3) is 8.96. The highest BCUT2D eigenvalue weighted by molar-refractivity contribution is 5.66. The summed E-state index contributed by atoms with van der Waals surface area (Å²) in [4.78, 5) is 20.1. The molecule has 7 heteroatoms. The number of rotatable bonds is 7. The Bertz CT molecular complexity index is 420. The maximum absolute atomic E-state index is 11.3. The van der Waals surface area contributed by atoms with Crippen molar-refractivity contribution in [2.75, 3.05) is 13.2 Å². The Labute approximate surface area is 124 Å². The number of amides is 1. The number of hydrogen-bond donors (Lipinski definition) is 3. The van der Waals surface area contributed by atoms with Crippen molar-refractivity contribution in [3.63, 3.8) is 0 Å². The fraction of sp³-hybridized carbons (Fsp3) is 0.571. The fourth-order valence-electron chi connectivity index (χ4n) is 1.44. The fourth-order valence-corrected chi connectivity index (χ4v) is 1.44. The van der Waals surface area contributed by atoms with Crippen molar-refractivity contribution < 1.29 is 19.5 Å². The predicted molar refractivity (Wildman–Crippen MR) is 77.3 cm³/mol. The molecule has 1 aromatic rings. The van der Waals surface area contributed by atoms with E-state index in [9.17, 15) is 9.90 Å². The molecule has 0 aliphatic rings. The third-order valence-corrected chi connectivity index (χ3v) is 2.29. The second kappa shape index (κ2) is 8.56. The molecule has 1 unspecified atom stereocenters. The molecule has 0 saturated carbocycles. The van der Waals surface area contributed by atoms with Gasteiger partial charge in [-0.1, -0.05) is 0 Å². The molecule has 3 N–H and O–H groups in total. The lowest BCUT2D eigenvalue weighted by atomic mass is 10.2. The summed E-state index contributed by atoms with van der Waals surface area (Å²) in [5, 5.41) is 12.8. The van der Waals surface area contributed by atoms with Crippen LogP contribution in [-0.2, 0) is 16.1 Å². The molecule has 7 nitrogen and oxygen atoms in total. The van der Waals surface area contributed by atoms with Crippen molar-refractivity contribution >= 4 is 6.09 Å². The molecule has 0 fully saturated rings. The van der Waals surface area contributed by atoms with Gasteiger partial charge >= 0.3 is 6.09 Å². The van der Waals surface area contributed by atoms with Crippen molar-refractivity contribution in [3.8, 4) is 0 Å². The van der Waals surface area contributed by atoms with E-state index >= 15 is 0 Å². The van der Waals surface area contributed by atoms with Gasteiger partial charge in [-0.2, -0.15) is 5.48 Å². The van der Waals surface area contributed by atoms with Crippen molar-refractivity contribution in [2.45, 2.75) is 39.0 Å². The molecule has 0 aliphatic carbocycles. The van der Waals surface area contributed by atoms with Gasteiger partial charge in [0.05, 0.1) is 6.10 Å². The number of nitrogens with zero attached hydrogens (tertiary/aromatic N) is 1. The van der Waals surface area contributed by atoms with Gasteiger partial charge < -0.3 is 15.2 Å². The van der Waals surface area contributed by atoms with E-state index < -0.39 is 17.8 Å². The largest absolute Gasteiger partial charge is 0.442 e. The van der Waals surface area contributed by atoms with Crippen LogP contribution in [0.1, 0.15) is 26.3 Å². The summed E-state index contributed by atoms with van der Waals surface area (Å²) in [5.74, 6) is 0. The minimum Gasteiger partial charge on any atom is -0.442 e. The molecule has 0 radical (unpaired) electrons. The van der Waals surface area contributed by atoms with Crippen molar-refractivity contribution in [1.82, 2.24) is 15.8 Å². The SMILES string of the molecule is CC(C)(C)OC(=O)NOCC(O)CNCc1ccncc1. The summed E-state index contributed by atoms with van der Waals surface area (Å²) in [6.45, 7) is 6.21. The average Bonchev–Trinajstić information content (AvgIpc) is 2.38. The number of hydrogen-bond acceptors (Lipinski definition) is 6. The lowest BCUT2D eigenvalue weighted by Gasteiger charge is -2.19. The summed E-state index contributed by atoms with van der Waals surface area (Å²) < 4.78 is 4.98. The molecular formula is C14H23N3O4. The van der Waals surface area contributed by atoms with Crippen LogP contribution in [0.5, 0.6) is 0 Å². The average molecular weight is 297 g/mol. The molecule has 0 aliphatic heterocycles. The van der Waals surface area contributed by atoms with Gasteiger partial charge in [-0.25, -0.2) is 4.79 Å². The maximum atomic E-state index is 11.3. The van der Waals surface area contributed by atoms with E-state index in [0.29, 0.717) is 13.1 Å². The summed E-state index contributed by atoms with van der Waals surface area (Å²) in [7, 11) is 0. The summed E-state index contributed by atoms with van der Waals surface area (Å²) in [6, 6.07) is 3.78. The first kappa shape index (κ1) is 17.4. The number of aromatic nitrogens is 1. The zero-order chi connectivity index (χ0) is 15.7. The minimum atomic E-state index is -0.734. The molecule has 0 bridgehead atoms. The van der Waals surface area contributed by atoms with E-state index in [1.807, 2.05) is 12.1 Å². The standard InChI is InChI=1S/C14H23N3O4/c1-14(2,3)21-13(19)17-20-10-12(18)9-16-8-11-4-6-15-7-5-11/h4-7,12,16,18H,8-10H2,1-3H3,(H,17,19). The van der Waals surface area contributed by atoms with Gasteiger partial charge in [0.25, 0.3) is 0 Å². The molecule has 1 amide bonds. The maximum Gasteiger partial charge on any atom is 0.431 e. The number of hydroxylamine groups is 1. The van der Waals surface area contributed by atoms with Gasteiger partial charge in [0.2, 0.25) is 0 Å². The van der Waals surface area contributed by atoms with Crippen LogP contribution in [0.2, 0.25) is 0 Å². The molecule has 0 aromatic carbocycles. The number of carbonyl (C=O) groups excluding carboxylic acids is 1. The summed E-state index contributed by atoms with van der Waals surface area (Å²) >= 11 is 0. The molecule has 1 rings (SSSR count). The zero-order valence-corrected chi connectivity index (χ0v) is 12.6. The van der Waals surface area contributed by atoms with Gasteiger partial charge in [-0.15, -0.1) is 0 Å². The van der Waals surface area contributed by atoms with Gasteiger partial charge in [0.15, 0.2) is 0 Å². The summed E-state index contributed by atoms with van der Waals surface area (Å²) in [6.07, 6.45) is 2.00. The first-order valence-corrected chi connectivity index (χ1v) is 6.75. The van der Waals surface area contributed by atoms with E-state index in [1.165, 1.54) is 0 Å². The van der Waals surface area contributed by atoms with Crippen LogP contribution < -0.4 is 10.8 Å². The van der Waals surface area contributed by atoms with Crippen LogP contribution in [-0.4, -0.2) is 41.0 Å². The number of pyridine rings is 1. The number of aliphatic hydroxyl groups is 1. The molecule has 1 atom stereocenters. The van der Waals surface area contributed by atoms with Crippen LogP contribution in [0.15, 0.2) is 24.5 Å². The molecule has 21 heavy (non-hydrogen) atoms.